The van der Waals surface area contributed by atoms with Crippen LogP contribution in [-0.4, -0.2) is 25.3 Å². The average Bonchev–Trinajstić information content (AvgIpc) is 3.18. The molecular weight excluding hydrogens is 234 g/mol. The first-order chi connectivity index (χ1) is 9.15. The Morgan fingerprint density at radius 1 is 1.21 bits per heavy atom. The maximum absolute atomic E-state index is 5.71. The molecular formula is C17H27NO. The summed E-state index contributed by atoms with van der Waals surface area (Å²) in [5.74, 6) is 0.569. The molecule has 1 aromatic rings. The van der Waals surface area contributed by atoms with Crippen LogP contribution in [0.4, 0.5) is 0 Å². The fourth-order valence-corrected chi connectivity index (χ4v) is 2.27. The minimum Gasteiger partial charge on any atom is -0.379 e. The van der Waals surface area contributed by atoms with Crippen LogP contribution in [0.3, 0.4) is 0 Å². The van der Waals surface area contributed by atoms with Gasteiger partial charge in [-0.3, -0.25) is 0 Å². The second-order valence-electron chi connectivity index (χ2n) is 6.00. The maximum Gasteiger partial charge on any atom is 0.0518 e. The van der Waals surface area contributed by atoms with Gasteiger partial charge in [-0.1, -0.05) is 29.8 Å². The topological polar surface area (TPSA) is 21.3 Å². The molecule has 1 fully saturated rings. The van der Waals surface area contributed by atoms with Crippen molar-refractivity contribution in [2.75, 3.05) is 13.2 Å². The molecule has 0 bridgehead atoms. The summed E-state index contributed by atoms with van der Waals surface area (Å²) in [4.78, 5) is 0. The highest BCUT2D eigenvalue weighted by atomic mass is 16.5. The van der Waals surface area contributed by atoms with Crippen LogP contribution in [0, 0.1) is 6.92 Å². The molecule has 0 radical (unpaired) electrons. The second kappa shape index (κ2) is 7.06. The minimum atomic E-state index is 0.329. The van der Waals surface area contributed by atoms with Gasteiger partial charge in [-0.05, 0) is 51.5 Å². The summed E-state index contributed by atoms with van der Waals surface area (Å²) in [5, 5.41) is 3.65. The smallest absolute Gasteiger partial charge is 0.0518 e. The lowest BCUT2D eigenvalue weighted by Crippen LogP contribution is -2.24. The molecule has 2 heteroatoms. The lowest BCUT2D eigenvalue weighted by Gasteiger charge is -2.19. The van der Waals surface area contributed by atoms with E-state index in [1.54, 1.807) is 0 Å². The van der Waals surface area contributed by atoms with Crippen molar-refractivity contribution < 1.29 is 4.74 Å². The number of ether oxygens (including phenoxy) is 1. The zero-order valence-corrected chi connectivity index (χ0v) is 12.5. The second-order valence-corrected chi connectivity index (χ2v) is 6.00. The zero-order valence-electron chi connectivity index (χ0n) is 12.5. The van der Waals surface area contributed by atoms with Gasteiger partial charge in [-0.2, -0.15) is 0 Å². The molecule has 0 heterocycles. The highest BCUT2D eigenvalue weighted by Crippen LogP contribution is 2.23. The molecule has 2 rings (SSSR count). The third-order valence-corrected chi connectivity index (χ3v) is 3.70. The van der Waals surface area contributed by atoms with Crippen LogP contribution >= 0.6 is 0 Å². The number of hydrogen-bond donors (Lipinski definition) is 1. The molecule has 2 nitrogen and oxygen atoms in total. The molecule has 0 spiro atoms. The Morgan fingerprint density at radius 2 is 1.89 bits per heavy atom. The molecule has 1 saturated carbocycles. The third-order valence-electron chi connectivity index (χ3n) is 3.70. The molecule has 0 aliphatic heterocycles. The fraction of sp³-hybridized carbons (Fsp3) is 0.647. The molecule has 0 aromatic heterocycles. The van der Waals surface area contributed by atoms with Gasteiger partial charge in [-0.25, -0.2) is 0 Å². The van der Waals surface area contributed by atoms with Crippen molar-refractivity contribution in [1.29, 1.82) is 0 Å². The van der Waals surface area contributed by atoms with E-state index in [1.165, 1.54) is 24.0 Å². The van der Waals surface area contributed by atoms with Gasteiger partial charge in [0, 0.05) is 19.2 Å². The number of aryl methyl sites for hydroxylation is 1. The largest absolute Gasteiger partial charge is 0.379 e. The molecule has 1 unspecified atom stereocenters. The van der Waals surface area contributed by atoms with Crippen molar-refractivity contribution in [1.82, 2.24) is 5.32 Å². The number of nitrogens with one attached hydrogen (secondary N) is 1. The van der Waals surface area contributed by atoms with Crippen molar-refractivity contribution in [3.05, 3.63) is 35.4 Å². The van der Waals surface area contributed by atoms with Gasteiger partial charge >= 0.3 is 0 Å². The van der Waals surface area contributed by atoms with E-state index in [4.69, 9.17) is 4.74 Å². The summed E-state index contributed by atoms with van der Waals surface area (Å²) in [6.07, 6.45) is 4.13. The minimum absolute atomic E-state index is 0.329. The van der Waals surface area contributed by atoms with E-state index in [0.29, 0.717) is 12.0 Å². The van der Waals surface area contributed by atoms with Crippen LogP contribution in [0.15, 0.2) is 24.3 Å². The van der Waals surface area contributed by atoms with Crippen LogP contribution in [-0.2, 0) is 4.74 Å². The Morgan fingerprint density at radius 3 is 2.47 bits per heavy atom. The van der Waals surface area contributed by atoms with E-state index in [-0.39, 0.29) is 0 Å². The van der Waals surface area contributed by atoms with E-state index < -0.39 is 0 Å². The Bertz CT molecular complexity index is 367. The first kappa shape index (κ1) is 14.5. The molecule has 1 N–H and O–H groups in total. The van der Waals surface area contributed by atoms with E-state index in [2.05, 4.69) is 50.4 Å². The van der Waals surface area contributed by atoms with Crippen LogP contribution < -0.4 is 5.32 Å². The van der Waals surface area contributed by atoms with Crippen molar-refractivity contribution in [3.63, 3.8) is 0 Å². The predicted molar refractivity (Wildman–Crippen MR) is 80.6 cm³/mol. The zero-order chi connectivity index (χ0) is 13.7. The molecule has 0 saturated heterocycles. The highest BCUT2D eigenvalue weighted by molar-refractivity contribution is 5.24. The molecule has 106 valence electrons. The van der Waals surface area contributed by atoms with Gasteiger partial charge in [0.25, 0.3) is 0 Å². The van der Waals surface area contributed by atoms with Crippen LogP contribution in [0.2, 0.25) is 0 Å². The van der Waals surface area contributed by atoms with Crippen molar-refractivity contribution in [2.24, 2.45) is 0 Å². The Hall–Kier alpha value is -0.860. The quantitative estimate of drug-likeness (QED) is 0.771. The Balaban J connectivity index is 1.89. The lowest BCUT2D eigenvalue weighted by molar-refractivity contribution is 0.0732. The molecule has 1 atom stereocenters. The van der Waals surface area contributed by atoms with Crippen LogP contribution in [0.5, 0.6) is 0 Å². The first-order valence-electron chi connectivity index (χ1n) is 7.56. The Labute approximate surface area is 117 Å². The number of benzene rings is 1. The van der Waals surface area contributed by atoms with Gasteiger partial charge in [0.1, 0.15) is 0 Å². The van der Waals surface area contributed by atoms with Crippen molar-refractivity contribution in [2.45, 2.75) is 58.1 Å². The molecule has 1 aromatic carbocycles. The van der Waals surface area contributed by atoms with Gasteiger partial charge in [0.05, 0.1) is 6.10 Å². The average molecular weight is 261 g/mol. The number of hydrogen-bond acceptors (Lipinski definition) is 2. The predicted octanol–water partition coefficient (Wildman–Crippen LogP) is 3.65. The van der Waals surface area contributed by atoms with Crippen LogP contribution in [0.25, 0.3) is 0 Å². The van der Waals surface area contributed by atoms with Gasteiger partial charge < -0.3 is 10.1 Å². The summed E-state index contributed by atoms with van der Waals surface area (Å²) >= 11 is 0. The first-order valence-corrected chi connectivity index (χ1v) is 7.56. The van der Waals surface area contributed by atoms with Crippen LogP contribution in [0.1, 0.15) is 50.2 Å². The standard InChI is InChI=1S/C17H27NO/c1-13(2)19-11-10-16(12-18-17-8-9-17)15-6-4-14(3)5-7-15/h4-7,13,16-18H,8-12H2,1-3H3. The van der Waals surface area contributed by atoms with E-state index >= 15 is 0 Å². The summed E-state index contributed by atoms with van der Waals surface area (Å²) < 4.78 is 5.71. The van der Waals surface area contributed by atoms with Crippen molar-refractivity contribution >= 4 is 0 Å². The normalized spacial score (nSPS) is 16.8. The van der Waals surface area contributed by atoms with Gasteiger partial charge in [0.2, 0.25) is 0 Å². The molecule has 1 aliphatic rings. The monoisotopic (exact) mass is 261 g/mol. The summed E-state index contributed by atoms with van der Waals surface area (Å²) in [7, 11) is 0. The Kier molecular flexibility index (Phi) is 5.41. The van der Waals surface area contributed by atoms with E-state index in [0.717, 1.165) is 25.6 Å². The molecule has 19 heavy (non-hydrogen) atoms. The van der Waals surface area contributed by atoms with E-state index in [1.807, 2.05) is 0 Å². The highest BCUT2D eigenvalue weighted by Gasteiger charge is 2.22. The lowest BCUT2D eigenvalue weighted by atomic mass is 9.95. The van der Waals surface area contributed by atoms with Crippen molar-refractivity contribution in [3.8, 4) is 0 Å². The fourth-order valence-electron chi connectivity index (χ4n) is 2.27. The SMILES string of the molecule is Cc1ccc(C(CCOC(C)C)CNC2CC2)cc1. The summed E-state index contributed by atoms with van der Waals surface area (Å²) in [6, 6.07) is 9.73. The van der Waals surface area contributed by atoms with E-state index in [9.17, 15) is 0 Å². The molecule has 0 amide bonds. The summed E-state index contributed by atoms with van der Waals surface area (Å²) in [5.41, 5.74) is 2.77. The third kappa shape index (κ3) is 5.33. The number of rotatable bonds is 8. The van der Waals surface area contributed by atoms with Gasteiger partial charge in [-0.15, -0.1) is 0 Å². The molecule has 1 aliphatic carbocycles. The maximum atomic E-state index is 5.71. The summed E-state index contributed by atoms with van der Waals surface area (Å²) in [6.45, 7) is 8.27. The van der Waals surface area contributed by atoms with Gasteiger partial charge in [0.15, 0.2) is 0 Å².